The van der Waals surface area contributed by atoms with Gasteiger partial charge in [0.2, 0.25) is 0 Å². The molecule has 0 heterocycles. The number of ketones is 1. The minimum absolute atomic E-state index is 0. The first-order valence-electron chi connectivity index (χ1n) is 10.8. The van der Waals surface area contributed by atoms with E-state index in [1.807, 2.05) is 0 Å². The fourth-order valence-corrected chi connectivity index (χ4v) is 3.02. The summed E-state index contributed by atoms with van der Waals surface area (Å²) in [6.07, 6.45) is 19.2. The van der Waals surface area contributed by atoms with Crippen LogP contribution in [0.25, 0.3) is 0 Å². The van der Waals surface area contributed by atoms with E-state index in [2.05, 4.69) is 19.1 Å². The molecule has 4 N–H and O–H groups in total. The SMILES string of the molecule is CCCCCCCC/C=C\CCCCCCCC(=O)C[C@@H](O)[C@H](N)C(=O)O.[NaH]. The summed E-state index contributed by atoms with van der Waals surface area (Å²) in [7, 11) is 0. The summed E-state index contributed by atoms with van der Waals surface area (Å²) in [4.78, 5) is 22.3. The molecule has 2 atom stereocenters. The summed E-state index contributed by atoms with van der Waals surface area (Å²) in [6, 6.07) is -1.39. The van der Waals surface area contributed by atoms with Gasteiger partial charge in [0.05, 0.1) is 6.10 Å². The van der Waals surface area contributed by atoms with Crippen LogP contribution in [0.15, 0.2) is 12.2 Å². The Hall–Kier alpha value is -0.200. The maximum absolute atomic E-state index is 11.7. The van der Waals surface area contributed by atoms with Gasteiger partial charge in [0.15, 0.2) is 0 Å². The van der Waals surface area contributed by atoms with Crippen LogP contribution in [-0.4, -0.2) is 63.7 Å². The monoisotopic (exact) mass is 407 g/mol. The van der Waals surface area contributed by atoms with Gasteiger partial charge in [-0.2, -0.15) is 0 Å². The van der Waals surface area contributed by atoms with E-state index >= 15 is 0 Å². The molecule has 0 aromatic carbocycles. The summed E-state index contributed by atoms with van der Waals surface area (Å²) in [5.74, 6) is -1.40. The molecule has 0 radical (unpaired) electrons. The van der Waals surface area contributed by atoms with Crippen LogP contribution < -0.4 is 5.73 Å². The molecule has 0 aliphatic rings. The number of aliphatic hydroxyl groups is 1. The number of nitrogens with two attached hydrogens (primary N) is 1. The molecule has 0 saturated heterocycles. The number of Topliss-reactive ketones (excluding diaryl/α,β-unsaturated/α-hetero) is 1. The molecule has 0 aromatic rings. The number of carbonyl (C=O) groups is 2. The molecule has 0 aliphatic carbocycles. The zero-order valence-corrected chi connectivity index (χ0v) is 17.2. The summed E-state index contributed by atoms with van der Waals surface area (Å²) in [5.41, 5.74) is 5.29. The Labute approximate surface area is 193 Å². The molecule has 0 aromatic heterocycles. The zero-order chi connectivity index (χ0) is 20.3. The molecule has 0 aliphatic heterocycles. The second-order valence-corrected chi connectivity index (χ2v) is 7.51. The van der Waals surface area contributed by atoms with Crippen molar-refractivity contribution < 1.29 is 19.8 Å². The van der Waals surface area contributed by atoms with Crippen molar-refractivity contribution in [3.05, 3.63) is 12.2 Å². The number of hydrogen-bond donors (Lipinski definition) is 3. The van der Waals surface area contributed by atoms with E-state index in [4.69, 9.17) is 10.8 Å². The molecule has 0 spiro atoms. The molecule has 160 valence electrons. The van der Waals surface area contributed by atoms with Gasteiger partial charge in [0.1, 0.15) is 11.8 Å². The van der Waals surface area contributed by atoms with Gasteiger partial charge in [-0.25, -0.2) is 0 Å². The summed E-state index contributed by atoms with van der Waals surface area (Å²) in [5, 5.41) is 18.2. The van der Waals surface area contributed by atoms with Crippen LogP contribution in [0, 0.1) is 0 Å². The molecule has 0 unspecified atom stereocenters. The number of allylic oxidation sites excluding steroid dienone is 2. The fraction of sp³-hybridized carbons (Fsp3) is 0.818. The molecule has 0 amide bonds. The standard InChI is InChI=1S/C22H41NO4.Na.H/c1-2-3-4-5-6-7-8-9-10-11-12-13-14-15-16-17-19(24)18-20(25)21(23)22(26)27;;/h9-10,20-21,25H,2-8,11-18,23H2,1H3,(H,26,27);;/b10-9-;;/t20-,21+;;/m1../s1. The van der Waals surface area contributed by atoms with Crippen LogP contribution in [0.4, 0.5) is 0 Å². The Morgan fingerprint density at radius 2 is 1.32 bits per heavy atom. The van der Waals surface area contributed by atoms with Crippen molar-refractivity contribution in [1.29, 1.82) is 0 Å². The van der Waals surface area contributed by atoms with Gasteiger partial charge in [-0.15, -0.1) is 0 Å². The molecule has 0 rings (SSSR count). The number of hydrogen-bond acceptors (Lipinski definition) is 4. The first-order valence-corrected chi connectivity index (χ1v) is 10.8. The normalized spacial score (nSPS) is 13.2. The number of carbonyl (C=O) groups excluding carboxylic acids is 1. The van der Waals surface area contributed by atoms with E-state index in [1.165, 1.54) is 57.8 Å². The third kappa shape index (κ3) is 19.1. The van der Waals surface area contributed by atoms with Crippen LogP contribution in [0.1, 0.15) is 103 Å². The molecular weight excluding hydrogens is 365 g/mol. The minimum atomic E-state index is -1.39. The van der Waals surface area contributed by atoms with E-state index in [-0.39, 0.29) is 41.8 Å². The van der Waals surface area contributed by atoms with Crippen LogP contribution >= 0.6 is 0 Å². The molecule has 0 bridgehead atoms. The number of carboxylic acid groups (broad SMARTS) is 1. The third-order valence-corrected chi connectivity index (χ3v) is 4.85. The van der Waals surface area contributed by atoms with Crippen LogP contribution in [0.3, 0.4) is 0 Å². The molecular formula is C22H42NNaO4. The zero-order valence-electron chi connectivity index (χ0n) is 17.2. The van der Waals surface area contributed by atoms with Crippen LogP contribution in [0.5, 0.6) is 0 Å². The van der Waals surface area contributed by atoms with E-state index in [0.29, 0.717) is 6.42 Å². The van der Waals surface area contributed by atoms with Crippen LogP contribution in [0.2, 0.25) is 0 Å². The Kier molecular flexibility index (Phi) is 23.0. The Balaban J connectivity index is 0. The van der Waals surface area contributed by atoms with Crippen molar-refractivity contribution in [3.8, 4) is 0 Å². The van der Waals surface area contributed by atoms with E-state index in [0.717, 1.165) is 25.7 Å². The second-order valence-electron chi connectivity index (χ2n) is 7.51. The van der Waals surface area contributed by atoms with Crippen LogP contribution in [-0.2, 0) is 9.59 Å². The van der Waals surface area contributed by atoms with Crippen molar-refractivity contribution >= 4 is 41.3 Å². The van der Waals surface area contributed by atoms with E-state index < -0.39 is 18.1 Å². The van der Waals surface area contributed by atoms with Gasteiger partial charge < -0.3 is 15.9 Å². The molecule has 5 nitrogen and oxygen atoms in total. The Bertz CT molecular complexity index is 415. The second kappa shape index (κ2) is 21.5. The quantitative estimate of drug-likeness (QED) is 0.170. The third-order valence-electron chi connectivity index (χ3n) is 4.85. The van der Waals surface area contributed by atoms with Crippen molar-refractivity contribution in [2.75, 3.05) is 0 Å². The predicted octanol–water partition coefficient (Wildman–Crippen LogP) is 4.11. The molecule has 0 saturated carbocycles. The fourth-order valence-electron chi connectivity index (χ4n) is 3.02. The van der Waals surface area contributed by atoms with E-state index in [9.17, 15) is 14.7 Å². The number of aliphatic carboxylic acids is 1. The van der Waals surface area contributed by atoms with E-state index in [1.54, 1.807) is 0 Å². The topological polar surface area (TPSA) is 101 Å². The maximum atomic E-state index is 11.7. The Morgan fingerprint density at radius 1 is 0.857 bits per heavy atom. The number of rotatable bonds is 19. The number of carboxylic acids is 1. The van der Waals surface area contributed by atoms with Crippen molar-refractivity contribution in [3.63, 3.8) is 0 Å². The van der Waals surface area contributed by atoms with Gasteiger partial charge in [0, 0.05) is 12.8 Å². The molecule has 28 heavy (non-hydrogen) atoms. The van der Waals surface area contributed by atoms with Crippen molar-refractivity contribution in [1.82, 2.24) is 0 Å². The summed E-state index contributed by atoms with van der Waals surface area (Å²) >= 11 is 0. The van der Waals surface area contributed by atoms with Crippen molar-refractivity contribution in [2.24, 2.45) is 5.73 Å². The first-order chi connectivity index (χ1) is 13.0. The van der Waals surface area contributed by atoms with Gasteiger partial charge >= 0.3 is 35.5 Å². The average molecular weight is 408 g/mol. The first kappa shape index (κ1) is 30.0. The Morgan fingerprint density at radius 3 is 1.82 bits per heavy atom. The molecule has 0 fully saturated rings. The van der Waals surface area contributed by atoms with Gasteiger partial charge in [-0.3, -0.25) is 9.59 Å². The van der Waals surface area contributed by atoms with Gasteiger partial charge in [0.25, 0.3) is 0 Å². The summed E-state index contributed by atoms with van der Waals surface area (Å²) < 4.78 is 0. The number of aliphatic hydroxyl groups excluding tert-OH is 1. The summed E-state index contributed by atoms with van der Waals surface area (Å²) in [6.45, 7) is 2.24. The van der Waals surface area contributed by atoms with Gasteiger partial charge in [-0.1, -0.05) is 70.4 Å². The predicted molar refractivity (Wildman–Crippen MR) is 118 cm³/mol. The van der Waals surface area contributed by atoms with Crippen molar-refractivity contribution in [2.45, 2.75) is 115 Å². The van der Waals surface area contributed by atoms with Gasteiger partial charge in [-0.05, 0) is 32.1 Å². The molecule has 6 heteroatoms. The average Bonchev–Trinajstić information content (AvgIpc) is 2.64. The number of unbranched alkanes of at least 4 members (excludes halogenated alkanes) is 11.